The molecule has 5 N–H and O–H groups in total. The second-order valence-electron chi connectivity index (χ2n) is 11.9. The predicted molar refractivity (Wildman–Crippen MR) is 212 cm³/mol. The lowest BCUT2D eigenvalue weighted by Gasteiger charge is -2.14. The van der Waals surface area contributed by atoms with Crippen LogP contribution < -0.4 is 36.8 Å². The minimum absolute atomic E-state index is 0.349. The zero-order valence-corrected chi connectivity index (χ0v) is 30.1. The van der Waals surface area contributed by atoms with Gasteiger partial charge in [-0.15, -0.1) is 0 Å². The van der Waals surface area contributed by atoms with E-state index in [1.807, 2.05) is 72.8 Å². The Kier molecular flexibility index (Phi) is 13.6. The summed E-state index contributed by atoms with van der Waals surface area (Å²) in [6.07, 6.45) is 6.80. The minimum atomic E-state index is -0.526. The number of aryl methyl sites for hydroxylation is 1. The molecule has 5 aromatic carbocycles. The first-order valence-electron chi connectivity index (χ1n) is 17.1. The van der Waals surface area contributed by atoms with Gasteiger partial charge >= 0.3 is 11.9 Å². The molecule has 0 aliphatic rings. The molecule has 53 heavy (non-hydrogen) atoms. The number of halogens is 1. The van der Waals surface area contributed by atoms with Crippen molar-refractivity contribution in [2.24, 2.45) is 16.6 Å². The number of carbonyl (C=O) groups is 2. The number of hydrogen-bond donors (Lipinski definition) is 3. The smallest absolute Gasteiger partial charge is 0.343 e. The van der Waals surface area contributed by atoms with E-state index in [4.69, 9.17) is 37.3 Å². The van der Waals surface area contributed by atoms with Gasteiger partial charge in [-0.05, 0) is 77.9 Å². The molecule has 0 saturated carbocycles. The van der Waals surface area contributed by atoms with E-state index in [1.165, 1.54) is 6.20 Å². The van der Waals surface area contributed by atoms with Gasteiger partial charge in [-0.2, -0.15) is 5.10 Å². The molecule has 9 nitrogen and oxygen atoms in total. The second kappa shape index (κ2) is 18.9. The third-order valence-corrected chi connectivity index (χ3v) is 8.64. The quantitative estimate of drug-likeness (QED) is 0.0271. The maximum absolute atomic E-state index is 13.0. The number of hydrogen-bond acceptors (Lipinski definition) is 9. The Morgan fingerprint density at radius 3 is 2.13 bits per heavy atom. The van der Waals surface area contributed by atoms with Crippen LogP contribution in [0, 0.1) is 0 Å². The van der Waals surface area contributed by atoms with E-state index in [1.54, 1.807) is 42.6 Å². The number of rotatable bonds is 15. The molecular weight excluding hydrogens is 688 g/mol. The summed E-state index contributed by atoms with van der Waals surface area (Å²) in [4.78, 5) is 24.4. The first kappa shape index (κ1) is 38.1. The van der Waals surface area contributed by atoms with Gasteiger partial charge in [0.05, 0.1) is 16.8 Å². The average Bonchev–Trinajstić information content (AvgIpc) is 3.19. The van der Waals surface area contributed by atoms with Gasteiger partial charge in [0, 0.05) is 47.1 Å². The molecule has 0 aromatic heterocycles. The number of carbonyl (C=O) groups excluding carboxylic acids is 2. The molecule has 0 amide bonds. The molecule has 5 aromatic rings. The molecule has 0 aliphatic carbocycles. The van der Waals surface area contributed by atoms with Crippen molar-refractivity contribution in [3.8, 4) is 33.8 Å². The number of ether oxygens (including phenoxy) is 3. The first-order chi connectivity index (χ1) is 25.8. The fourth-order valence-electron chi connectivity index (χ4n) is 5.48. The van der Waals surface area contributed by atoms with Crippen molar-refractivity contribution in [3.05, 3.63) is 154 Å². The van der Waals surface area contributed by atoms with Crippen molar-refractivity contribution in [1.82, 2.24) is 5.43 Å². The van der Waals surface area contributed by atoms with Crippen LogP contribution in [0.5, 0.6) is 11.5 Å². The molecule has 270 valence electrons. The molecule has 0 unspecified atom stereocenters. The van der Waals surface area contributed by atoms with E-state index < -0.39 is 11.9 Å². The topological polar surface area (TPSA) is 138 Å². The molecular formula is C43H41ClN4O5. The third kappa shape index (κ3) is 10.2. The fraction of sp³-hybridized carbons (Fsp3) is 0.140. The summed E-state index contributed by atoms with van der Waals surface area (Å²) in [5.74, 6) is 0.137. The highest BCUT2D eigenvalue weighted by atomic mass is 35.5. The van der Waals surface area contributed by atoms with E-state index in [-0.39, 0.29) is 0 Å². The van der Waals surface area contributed by atoms with Crippen LogP contribution in [0.3, 0.4) is 0 Å². The second-order valence-corrected chi connectivity index (χ2v) is 12.3. The van der Waals surface area contributed by atoms with Crippen LogP contribution in [0.15, 0.2) is 127 Å². The number of nitrogens with one attached hydrogen (secondary N) is 1. The zero-order chi connectivity index (χ0) is 37.6. The van der Waals surface area contributed by atoms with Gasteiger partial charge in [-0.25, -0.2) is 9.59 Å². The normalized spacial score (nSPS) is 12.0. The Labute approximate surface area is 313 Å². The molecule has 0 bridgehead atoms. The van der Waals surface area contributed by atoms with Crippen molar-refractivity contribution in [2.45, 2.75) is 26.2 Å². The minimum Gasteiger partial charge on any atom is -0.423 e. The summed E-state index contributed by atoms with van der Waals surface area (Å²) in [7, 11) is 0. The molecule has 0 radical (unpaired) electrons. The molecule has 0 saturated heterocycles. The van der Waals surface area contributed by atoms with Crippen LogP contribution in [0.2, 0.25) is 5.02 Å². The van der Waals surface area contributed by atoms with E-state index in [0.29, 0.717) is 34.5 Å². The number of nitrogens with two attached hydrogens (primary N) is 2. The number of hydrazone groups is 1. The lowest BCUT2D eigenvalue weighted by atomic mass is 9.97. The third-order valence-electron chi connectivity index (χ3n) is 8.23. The summed E-state index contributed by atoms with van der Waals surface area (Å²) in [6, 6.07) is 32.8. The largest absolute Gasteiger partial charge is 0.423 e. The average molecular weight is 729 g/mol. The summed E-state index contributed by atoms with van der Waals surface area (Å²) >= 11 is 7.07. The van der Waals surface area contributed by atoms with Crippen LogP contribution in [0.4, 0.5) is 0 Å². The lowest BCUT2D eigenvalue weighted by Crippen LogP contribution is -2.34. The van der Waals surface area contributed by atoms with E-state index in [2.05, 4.69) is 24.0 Å². The van der Waals surface area contributed by atoms with Crippen molar-refractivity contribution in [2.75, 3.05) is 13.2 Å². The molecule has 0 heterocycles. The van der Waals surface area contributed by atoms with Crippen LogP contribution in [-0.4, -0.2) is 31.4 Å². The zero-order valence-electron chi connectivity index (χ0n) is 29.4. The van der Waals surface area contributed by atoms with Gasteiger partial charge in [-0.1, -0.05) is 97.9 Å². The molecule has 5 rings (SSSR count). The van der Waals surface area contributed by atoms with Crippen molar-refractivity contribution in [1.29, 1.82) is 0 Å². The highest BCUT2D eigenvalue weighted by Gasteiger charge is 2.14. The van der Waals surface area contributed by atoms with Crippen molar-refractivity contribution in [3.63, 3.8) is 0 Å². The summed E-state index contributed by atoms with van der Waals surface area (Å²) in [6.45, 7) is 6.85. The Bertz CT molecular complexity index is 2200. The highest BCUT2D eigenvalue weighted by Crippen LogP contribution is 2.34. The van der Waals surface area contributed by atoms with E-state index >= 15 is 0 Å². The summed E-state index contributed by atoms with van der Waals surface area (Å²) < 4.78 is 16.5. The Balaban J connectivity index is 1.30. The highest BCUT2D eigenvalue weighted by molar-refractivity contribution is 6.36. The van der Waals surface area contributed by atoms with Gasteiger partial charge in [0.2, 0.25) is 0 Å². The number of benzene rings is 5. The van der Waals surface area contributed by atoms with Crippen LogP contribution in [-0.2, 0) is 16.0 Å². The summed E-state index contributed by atoms with van der Waals surface area (Å²) in [5, 5.41) is 6.47. The summed E-state index contributed by atoms with van der Waals surface area (Å²) in [5.41, 5.74) is 20.6. The molecule has 10 heteroatoms. The van der Waals surface area contributed by atoms with Gasteiger partial charge in [0.1, 0.15) is 17.3 Å². The first-order valence-corrected chi connectivity index (χ1v) is 17.5. The van der Waals surface area contributed by atoms with Crippen LogP contribution in [0.1, 0.15) is 41.3 Å². The maximum Gasteiger partial charge on any atom is 0.343 e. The van der Waals surface area contributed by atoms with Gasteiger partial charge < -0.3 is 25.7 Å². The van der Waals surface area contributed by atoms with E-state index in [9.17, 15) is 9.59 Å². The van der Waals surface area contributed by atoms with E-state index in [0.717, 1.165) is 75.8 Å². The monoisotopic (exact) mass is 728 g/mol. The van der Waals surface area contributed by atoms with Crippen LogP contribution in [0.25, 0.3) is 34.3 Å². The Hall–Kier alpha value is -6.16. The maximum atomic E-state index is 13.0. The molecule has 0 aliphatic heterocycles. The van der Waals surface area contributed by atoms with Crippen molar-refractivity contribution >= 4 is 41.8 Å². The standard InChI is InChI=1S/C43H41ClN4O5/c1-3-25-51-26-7-9-31-19-24-37(41(44)39(31)28-47-48-42(46)38-10-6-5-8-34(38)27-45)32-17-22-36(23-18-32)53-43(50)33-13-11-29(12-14-33)30-15-20-35(21-16-30)52-40(49)4-2/h4-6,8,10-24,27-28,48H,2-3,7,9,25-26,45-46H2,1H3/b34-27-,42-38+,47-28+. The number of esters is 2. The number of nitrogens with zero attached hydrogens (tertiary/aromatic N) is 1. The molecule has 0 spiro atoms. The van der Waals surface area contributed by atoms with Gasteiger partial charge in [-0.3, -0.25) is 5.43 Å². The Morgan fingerprint density at radius 2 is 1.47 bits per heavy atom. The van der Waals surface area contributed by atoms with Gasteiger partial charge in [0.25, 0.3) is 0 Å². The lowest BCUT2D eigenvalue weighted by molar-refractivity contribution is -0.128. The van der Waals surface area contributed by atoms with Crippen molar-refractivity contribution < 1.29 is 23.8 Å². The Morgan fingerprint density at radius 1 is 0.830 bits per heavy atom. The SMILES string of the molecule is C=CC(=O)Oc1ccc(-c2ccc(C(=O)Oc3ccc(-c4ccc(CCCOCCC)c(/C=N/N/C(N)=c5\cccc\c5=C\N)c4Cl)cc3)cc2)cc1. The predicted octanol–water partition coefficient (Wildman–Crippen LogP) is 6.69. The van der Waals surface area contributed by atoms with Gasteiger partial charge in [0.15, 0.2) is 0 Å². The molecule has 0 atom stereocenters. The van der Waals surface area contributed by atoms with Crippen LogP contribution >= 0.6 is 11.6 Å². The fourth-order valence-corrected chi connectivity index (χ4v) is 5.82. The molecule has 0 fully saturated rings.